The highest BCUT2D eigenvalue weighted by molar-refractivity contribution is 6.35. The zero-order valence-electron chi connectivity index (χ0n) is 10.5. The molecule has 0 bridgehead atoms. The molecule has 0 saturated carbocycles. The summed E-state index contributed by atoms with van der Waals surface area (Å²) in [5.74, 6) is 0.574. The van der Waals surface area contributed by atoms with Crippen LogP contribution in [0.1, 0.15) is 6.42 Å². The Hall–Kier alpha value is -0.680. The van der Waals surface area contributed by atoms with Crippen molar-refractivity contribution in [3.63, 3.8) is 0 Å². The second kappa shape index (κ2) is 10.1. The highest BCUT2D eigenvalue weighted by Gasteiger charge is 2.02. The molecule has 0 radical (unpaired) electrons. The molecule has 0 fully saturated rings. The monoisotopic (exact) mass is 326 g/mol. The van der Waals surface area contributed by atoms with Crippen molar-refractivity contribution in [2.45, 2.75) is 6.42 Å². The van der Waals surface area contributed by atoms with Gasteiger partial charge in [-0.3, -0.25) is 4.79 Å². The highest BCUT2D eigenvalue weighted by Crippen LogP contribution is 2.27. The first kappa shape index (κ1) is 18.3. The number of carbonyl (C=O) groups excluding carboxylic acids is 1. The fraction of sp³-hybridized carbons (Fsp3) is 0.417. The van der Waals surface area contributed by atoms with E-state index in [1.165, 1.54) is 0 Å². The molecule has 7 heteroatoms. The number of likely N-dealkylation sites (N-methyl/N-ethyl adjacent to an activating group) is 1. The lowest BCUT2D eigenvalue weighted by Crippen LogP contribution is -2.33. The van der Waals surface area contributed by atoms with E-state index in [1.807, 2.05) is 0 Å². The second-order valence-corrected chi connectivity index (χ2v) is 4.50. The molecule has 0 aromatic heterocycles. The topological polar surface area (TPSA) is 50.4 Å². The lowest BCUT2D eigenvalue weighted by molar-refractivity contribution is -0.120. The molecule has 0 atom stereocenters. The SMILES string of the molecule is CNCC(=O)NCCCOc1ccc(Cl)cc1Cl.Cl. The Morgan fingerprint density at radius 1 is 1.37 bits per heavy atom. The minimum absolute atomic E-state index is 0. The fourth-order valence-electron chi connectivity index (χ4n) is 1.30. The van der Waals surface area contributed by atoms with Crippen molar-refractivity contribution in [3.8, 4) is 5.75 Å². The summed E-state index contributed by atoms with van der Waals surface area (Å²) in [5, 5.41) is 6.60. The Morgan fingerprint density at radius 3 is 2.74 bits per heavy atom. The zero-order chi connectivity index (χ0) is 13.4. The molecule has 0 spiro atoms. The smallest absolute Gasteiger partial charge is 0.233 e. The van der Waals surface area contributed by atoms with Crippen LogP contribution in [0.2, 0.25) is 10.0 Å². The third-order valence-corrected chi connectivity index (χ3v) is 2.66. The highest BCUT2D eigenvalue weighted by atomic mass is 35.5. The van der Waals surface area contributed by atoms with Gasteiger partial charge in [-0.1, -0.05) is 23.2 Å². The fourth-order valence-corrected chi connectivity index (χ4v) is 1.76. The van der Waals surface area contributed by atoms with Crippen LogP contribution >= 0.6 is 35.6 Å². The van der Waals surface area contributed by atoms with Crippen LogP contribution in [-0.2, 0) is 4.79 Å². The van der Waals surface area contributed by atoms with Gasteiger partial charge in [-0.15, -0.1) is 12.4 Å². The molecule has 0 aliphatic rings. The van der Waals surface area contributed by atoms with Crippen molar-refractivity contribution in [1.82, 2.24) is 10.6 Å². The number of halogens is 3. The van der Waals surface area contributed by atoms with Gasteiger partial charge in [0.25, 0.3) is 0 Å². The molecule has 4 nitrogen and oxygen atoms in total. The number of carbonyl (C=O) groups is 1. The van der Waals surface area contributed by atoms with Crippen LogP contribution in [0, 0.1) is 0 Å². The predicted octanol–water partition coefficient (Wildman–Crippen LogP) is 2.52. The zero-order valence-corrected chi connectivity index (χ0v) is 12.9. The van der Waals surface area contributed by atoms with Crippen LogP contribution in [0.3, 0.4) is 0 Å². The molecule has 2 N–H and O–H groups in total. The molecular formula is C12H17Cl3N2O2. The average Bonchev–Trinajstić information content (AvgIpc) is 2.31. The maximum Gasteiger partial charge on any atom is 0.233 e. The molecule has 1 amide bonds. The van der Waals surface area contributed by atoms with Crippen LogP contribution in [0.4, 0.5) is 0 Å². The van der Waals surface area contributed by atoms with Crippen molar-refractivity contribution in [3.05, 3.63) is 28.2 Å². The molecule has 108 valence electrons. The number of hydrogen-bond acceptors (Lipinski definition) is 3. The maximum absolute atomic E-state index is 11.1. The maximum atomic E-state index is 11.1. The molecular weight excluding hydrogens is 311 g/mol. The number of rotatable bonds is 7. The van der Waals surface area contributed by atoms with E-state index < -0.39 is 0 Å². The Morgan fingerprint density at radius 2 is 2.11 bits per heavy atom. The van der Waals surface area contributed by atoms with E-state index in [1.54, 1.807) is 25.2 Å². The molecule has 1 rings (SSSR count). The summed E-state index contributed by atoms with van der Waals surface area (Å²) in [7, 11) is 1.73. The number of ether oxygens (including phenoxy) is 1. The first-order valence-corrected chi connectivity index (χ1v) is 6.38. The van der Waals surface area contributed by atoms with Gasteiger partial charge in [0.2, 0.25) is 5.91 Å². The van der Waals surface area contributed by atoms with E-state index in [4.69, 9.17) is 27.9 Å². The van der Waals surface area contributed by atoms with E-state index in [9.17, 15) is 4.79 Å². The van der Waals surface area contributed by atoms with E-state index in [-0.39, 0.29) is 18.3 Å². The van der Waals surface area contributed by atoms with Gasteiger partial charge < -0.3 is 15.4 Å². The number of nitrogens with one attached hydrogen (secondary N) is 2. The van der Waals surface area contributed by atoms with Crippen molar-refractivity contribution < 1.29 is 9.53 Å². The minimum atomic E-state index is -0.0259. The van der Waals surface area contributed by atoms with Gasteiger partial charge in [-0.05, 0) is 31.7 Å². The van der Waals surface area contributed by atoms with Crippen LogP contribution in [0.15, 0.2) is 18.2 Å². The molecule has 1 aromatic carbocycles. The van der Waals surface area contributed by atoms with E-state index in [2.05, 4.69) is 10.6 Å². The quantitative estimate of drug-likeness (QED) is 0.757. The van der Waals surface area contributed by atoms with Crippen molar-refractivity contribution in [1.29, 1.82) is 0 Å². The molecule has 0 heterocycles. The van der Waals surface area contributed by atoms with Gasteiger partial charge in [0.15, 0.2) is 0 Å². The van der Waals surface area contributed by atoms with Gasteiger partial charge in [0.1, 0.15) is 5.75 Å². The number of hydrogen-bond donors (Lipinski definition) is 2. The summed E-state index contributed by atoms with van der Waals surface area (Å²) in [6.07, 6.45) is 0.717. The minimum Gasteiger partial charge on any atom is -0.492 e. The molecule has 0 unspecified atom stereocenters. The molecule has 0 aliphatic heterocycles. The number of amides is 1. The first-order valence-electron chi connectivity index (χ1n) is 5.62. The Kier molecular flexibility index (Phi) is 9.79. The molecule has 1 aromatic rings. The summed E-state index contributed by atoms with van der Waals surface area (Å²) in [6.45, 7) is 1.39. The standard InChI is InChI=1S/C12H16Cl2N2O2.ClH/c1-15-8-12(17)16-5-2-6-18-11-4-3-9(13)7-10(11)14;/h3-4,7,15H,2,5-6,8H2,1H3,(H,16,17);1H. The van der Waals surface area contributed by atoms with E-state index in [0.29, 0.717) is 41.9 Å². The third kappa shape index (κ3) is 7.47. The Bertz CT molecular complexity index is 403. The summed E-state index contributed by atoms with van der Waals surface area (Å²) in [5.41, 5.74) is 0. The predicted molar refractivity (Wildman–Crippen MR) is 80.8 cm³/mol. The normalized spacial score (nSPS) is 9.63. The largest absolute Gasteiger partial charge is 0.492 e. The van der Waals surface area contributed by atoms with Crippen LogP contribution in [-0.4, -0.2) is 32.7 Å². The van der Waals surface area contributed by atoms with Crippen molar-refractivity contribution in [2.75, 3.05) is 26.7 Å². The van der Waals surface area contributed by atoms with Crippen LogP contribution in [0.25, 0.3) is 0 Å². The van der Waals surface area contributed by atoms with Gasteiger partial charge in [-0.25, -0.2) is 0 Å². The summed E-state index contributed by atoms with van der Waals surface area (Å²) < 4.78 is 5.48. The van der Waals surface area contributed by atoms with Gasteiger partial charge in [0.05, 0.1) is 18.2 Å². The second-order valence-electron chi connectivity index (χ2n) is 3.66. The molecule has 0 aliphatic carbocycles. The van der Waals surface area contributed by atoms with E-state index >= 15 is 0 Å². The summed E-state index contributed by atoms with van der Waals surface area (Å²) >= 11 is 11.7. The van der Waals surface area contributed by atoms with Crippen molar-refractivity contribution >= 4 is 41.5 Å². The van der Waals surface area contributed by atoms with Gasteiger partial charge in [-0.2, -0.15) is 0 Å². The Labute approximate surface area is 129 Å². The van der Waals surface area contributed by atoms with E-state index in [0.717, 1.165) is 0 Å². The van der Waals surface area contributed by atoms with Crippen LogP contribution in [0.5, 0.6) is 5.75 Å². The lowest BCUT2D eigenvalue weighted by atomic mass is 10.3. The van der Waals surface area contributed by atoms with Gasteiger partial charge >= 0.3 is 0 Å². The Balaban J connectivity index is 0.00000324. The van der Waals surface area contributed by atoms with Gasteiger partial charge in [0, 0.05) is 11.6 Å². The first-order chi connectivity index (χ1) is 8.63. The summed E-state index contributed by atoms with van der Waals surface area (Å²) in [6, 6.07) is 5.08. The average molecular weight is 328 g/mol. The van der Waals surface area contributed by atoms with Crippen molar-refractivity contribution in [2.24, 2.45) is 0 Å². The molecule has 19 heavy (non-hydrogen) atoms. The number of benzene rings is 1. The lowest BCUT2D eigenvalue weighted by Gasteiger charge is -2.08. The third-order valence-electron chi connectivity index (χ3n) is 2.13. The summed E-state index contributed by atoms with van der Waals surface area (Å²) in [4.78, 5) is 11.1. The molecule has 0 saturated heterocycles. The van der Waals surface area contributed by atoms with Crippen LogP contribution < -0.4 is 15.4 Å².